The van der Waals surface area contributed by atoms with Crippen LogP contribution in [0, 0.1) is 0 Å². The van der Waals surface area contributed by atoms with Crippen LogP contribution in [0.5, 0.6) is 5.75 Å². The Morgan fingerprint density at radius 1 is 1.21 bits per heavy atom. The van der Waals surface area contributed by atoms with Gasteiger partial charge >= 0.3 is 0 Å². The van der Waals surface area contributed by atoms with Crippen molar-refractivity contribution in [1.82, 2.24) is 25.8 Å². The number of aromatic nitrogens is 3. The molecule has 3 N–H and O–H groups in total. The van der Waals surface area contributed by atoms with Gasteiger partial charge in [0.2, 0.25) is 5.91 Å². The maximum Gasteiger partial charge on any atom is 0.229 e. The number of para-hydroxylation sites is 1. The van der Waals surface area contributed by atoms with E-state index in [9.17, 15) is 4.79 Å². The van der Waals surface area contributed by atoms with Gasteiger partial charge in [0.1, 0.15) is 18.1 Å². The van der Waals surface area contributed by atoms with Crippen molar-refractivity contribution in [1.29, 1.82) is 0 Å². The van der Waals surface area contributed by atoms with Gasteiger partial charge in [0, 0.05) is 30.8 Å². The average Bonchev–Trinajstić information content (AvgIpc) is 3.45. The van der Waals surface area contributed by atoms with Gasteiger partial charge < -0.3 is 20.3 Å². The van der Waals surface area contributed by atoms with Gasteiger partial charge in [-0.1, -0.05) is 18.2 Å². The Labute approximate surface area is 210 Å². The van der Waals surface area contributed by atoms with Crippen molar-refractivity contribution in [3.8, 4) is 17.1 Å². The molecule has 1 aromatic heterocycles. The lowest BCUT2D eigenvalue weighted by molar-refractivity contribution is -0.117. The Kier molecular flexibility index (Phi) is 8.64. The second-order valence-electron chi connectivity index (χ2n) is 7.41. The molecule has 1 atom stereocenters. The molecule has 2 aromatic carbocycles. The number of methoxy groups -OCH3 is 1. The van der Waals surface area contributed by atoms with Crippen LogP contribution in [-0.2, 0) is 11.3 Å². The lowest BCUT2D eigenvalue weighted by Crippen LogP contribution is -2.44. The molecule has 9 nitrogen and oxygen atoms in total. The number of H-pyrrole nitrogens is 1. The predicted octanol–water partition coefficient (Wildman–Crippen LogP) is 2.96. The van der Waals surface area contributed by atoms with Crippen molar-refractivity contribution in [3.63, 3.8) is 0 Å². The minimum absolute atomic E-state index is 0. The van der Waals surface area contributed by atoms with Crippen LogP contribution in [0.2, 0.25) is 0 Å². The smallest absolute Gasteiger partial charge is 0.229 e. The van der Waals surface area contributed by atoms with Gasteiger partial charge in [-0.25, -0.2) is 9.98 Å². The van der Waals surface area contributed by atoms with Gasteiger partial charge in [-0.15, -0.1) is 24.0 Å². The molecule has 3 aromatic rings. The molecule has 1 amide bonds. The lowest BCUT2D eigenvalue weighted by Gasteiger charge is -2.18. The number of ether oxygens (including phenoxy) is 1. The fraction of sp³-hybridized carbons (Fsp3) is 0.304. The summed E-state index contributed by atoms with van der Waals surface area (Å²) in [6, 6.07) is 17.3. The molecule has 0 bridgehead atoms. The molecule has 33 heavy (non-hydrogen) atoms. The van der Waals surface area contributed by atoms with Crippen LogP contribution in [0.15, 0.2) is 59.6 Å². The van der Waals surface area contributed by atoms with E-state index < -0.39 is 0 Å². The second kappa shape index (κ2) is 11.6. The number of carbonyl (C=O) groups excluding carboxylic acids is 1. The number of amides is 1. The summed E-state index contributed by atoms with van der Waals surface area (Å²) in [5.74, 6) is 2.79. The first-order valence-electron chi connectivity index (χ1n) is 10.6. The highest BCUT2D eigenvalue weighted by Crippen LogP contribution is 2.21. The first-order chi connectivity index (χ1) is 15.7. The van der Waals surface area contributed by atoms with E-state index in [2.05, 4.69) is 30.8 Å². The number of guanidine groups is 1. The molecular formula is C23H28IN7O2. The van der Waals surface area contributed by atoms with Gasteiger partial charge in [-0.05, 0) is 43.3 Å². The summed E-state index contributed by atoms with van der Waals surface area (Å²) in [5, 5.41) is 13.8. The second-order valence-corrected chi connectivity index (χ2v) is 7.41. The number of aliphatic imine (C=N–C) groups is 1. The summed E-state index contributed by atoms with van der Waals surface area (Å²) in [6.45, 7) is 3.64. The monoisotopic (exact) mass is 561 g/mol. The van der Waals surface area contributed by atoms with E-state index in [4.69, 9.17) is 4.74 Å². The third-order valence-corrected chi connectivity index (χ3v) is 5.14. The van der Waals surface area contributed by atoms with Crippen molar-refractivity contribution >= 4 is 41.5 Å². The Bertz CT molecular complexity index is 1070. The molecule has 0 saturated carbocycles. The van der Waals surface area contributed by atoms with Gasteiger partial charge in [-0.3, -0.25) is 9.89 Å². The quantitative estimate of drug-likeness (QED) is 0.233. The number of nitrogens with one attached hydrogen (secondary N) is 3. The molecule has 174 valence electrons. The van der Waals surface area contributed by atoms with E-state index in [1.54, 1.807) is 12.0 Å². The SMILES string of the molecule is CCNC(=NCc1nc(-c2ccc(OC)cc2)n[nH]1)NC1CC(=O)N(c2ccccc2)C1.I. The van der Waals surface area contributed by atoms with Gasteiger partial charge in [0.05, 0.1) is 13.2 Å². The first-order valence-corrected chi connectivity index (χ1v) is 10.6. The molecule has 1 aliphatic heterocycles. The highest BCUT2D eigenvalue weighted by molar-refractivity contribution is 14.0. The number of aromatic amines is 1. The normalized spacial score (nSPS) is 15.8. The minimum atomic E-state index is -0.0231. The molecule has 0 aliphatic carbocycles. The van der Waals surface area contributed by atoms with Crippen LogP contribution in [0.4, 0.5) is 5.69 Å². The number of hydrogen-bond donors (Lipinski definition) is 3. The molecule has 1 fully saturated rings. The summed E-state index contributed by atoms with van der Waals surface area (Å²) in [6.07, 6.45) is 0.420. The summed E-state index contributed by atoms with van der Waals surface area (Å²) in [5.41, 5.74) is 1.81. The lowest BCUT2D eigenvalue weighted by atomic mass is 10.2. The maximum atomic E-state index is 12.5. The molecule has 2 heterocycles. The van der Waals surface area contributed by atoms with E-state index in [-0.39, 0.29) is 35.9 Å². The minimum Gasteiger partial charge on any atom is -0.497 e. The van der Waals surface area contributed by atoms with Crippen molar-refractivity contribution in [2.24, 2.45) is 4.99 Å². The number of nitrogens with zero attached hydrogens (tertiary/aromatic N) is 4. The zero-order chi connectivity index (χ0) is 22.3. The molecule has 10 heteroatoms. The summed E-state index contributed by atoms with van der Waals surface area (Å²) >= 11 is 0. The van der Waals surface area contributed by atoms with E-state index >= 15 is 0 Å². The molecule has 1 unspecified atom stereocenters. The topological polar surface area (TPSA) is 108 Å². The number of hydrogen-bond acceptors (Lipinski definition) is 5. The van der Waals surface area contributed by atoms with Crippen LogP contribution in [-0.4, -0.2) is 53.3 Å². The first kappa shape index (κ1) is 24.5. The third kappa shape index (κ3) is 6.21. The molecule has 4 rings (SSSR count). The molecule has 0 radical (unpaired) electrons. The van der Waals surface area contributed by atoms with Gasteiger partial charge in [-0.2, -0.15) is 5.10 Å². The Hall–Kier alpha value is -3.15. The van der Waals surface area contributed by atoms with Crippen LogP contribution < -0.4 is 20.3 Å². The highest BCUT2D eigenvalue weighted by Gasteiger charge is 2.31. The van der Waals surface area contributed by atoms with Crippen LogP contribution in [0.3, 0.4) is 0 Å². The Balaban J connectivity index is 0.00000306. The maximum absolute atomic E-state index is 12.5. The molecule has 0 spiro atoms. The number of benzene rings is 2. The molecule has 1 saturated heterocycles. The van der Waals surface area contributed by atoms with Crippen LogP contribution >= 0.6 is 24.0 Å². The average molecular weight is 561 g/mol. The fourth-order valence-corrected chi connectivity index (χ4v) is 3.56. The fourth-order valence-electron chi connectivity index (χ4n) is 3.56. The molecular weight excluding hydrogens is 533 g/mol. The summed E-state index contributed by atoms with van der Waals surface area (Å²) < 4.78 is 5.19. The van der Waals surface area contributed by atoms with E-state index in [1.807, 2.05) is 61.5 Å². The predicted molar refractivity (Wildman–Crippen MR) is 139 cm³/mol. The zero-order valence-electron chi connectivity index (χ0n) is 18.6. The summed E-state index contributed by atoms with van der Waals surface area (Å²) in [4.78, 5) is 23.4. The third-order valence-electron chi connectivity index (χ3n) is 5.14. The Morgan fingerprint density at radius 2 is 1.97 bits per heavy atom. The van der Waals surface area contributed by atoms with Crippen molar-refractivity contribution < 1.29 is 9.53 Å². The van der Waals surface area contributed by atoms with Crippen LogP contribution in [0.25, 0.3) is 11.4 Å². The van der Waals surface area contributed by atoms with E-state index in [0.717, 1.165) is 17.0 Å². The van der Waals surface area contributed by atoms with Crippen molar-refractivity contribution in [2.45, 2.75) is 25.9 Å². The van der Waals surface area contributed by atoms with Crippen LogP contribution in [0.1, 0.15) is 19.2 Å². The van der Waals surface area contributed by atoms with E-state index in [1.165, 1.54) is 0 Å². The standard InChI is InChI=1S/C23H27N7O2.HI/c1-3-24-23(26-17-13-21(31)30(15-17)18-7-5-4-6-8-18)25-14-20-27-22(29-28-20)16-9-11-19(32-2)12-10-16;/h4-12,17H,3,13-15H2,1-2H3,(H2,24,25,26)(H,27,28,29);1H. The number of carbonyl (C=O) groups is 1. The Morgan fingerprint density at radius 3 is 2.67 bits per heavy atom. The summed E-state index contributed by atoms with van der Waals surface area (Å²) in [7, 11) is 1.63. The van der Waals surface area contributed by atoms with Gasteiger partial charge in [0.15, 0.2) is 11.8 Å². The van der Waals surface area contributed by atoms with Crippen molar-refractivity contribution in [3.05, 3.63) is 60.4 Å². The zero-order valence-corrected chi connectivity index (χ0v) is 20.9. The number of halogens is 1. The highest BCUT2D eigenvalue weighted by atomic mass is 127. The van der Waals surface area contributed by atoms with Gasteiger partial charge in [0.25, 0.3) is 0 Å². The largest absolute Gasteiger partial charge is 0.497 e. The van der Waals surface area contributed by atoms with Crippen molar-refractivity contribution in [2.75, 3.05) is 25.1 Å². The number of anilines is 1. The number of rotatable bonds is 7. The van der Waals surface area contributed by atoms with E-state index in [0.29, 0.717) is 43.7 Å². The molecule has 1 aliphatic rings.